The fourth-order valence-corrected chi connectivity index (χ4v) is 3.64. The van der Waals surface area contributed by atoms with Crippen LogP contribution in [0.2, 0.25) is 0 Å². The minimum Gasteiger partial charge on any atom is -0.468 e. The molecular formula is C15H18O4S. The van der Waals surface area contributed by atoms with E-state index >= 15 is 0 Å². The summed E-state index contributed by atoms with van der Waals surface area (Å²) in [5, 5.41) is 0. The van der Waals surface area contributed by atoms with E-state index in [0.29, 0.717) is 12.0 Å². The van der Waals surface area contributed by atoms with Crippen LogP contribution in [0.1, 0.15) is 25.3 Å². The van der Waals surface area contributed by atoms with Crippen molar-refractivity contribution < 1.29 is 17.6 Å². The molecule has 0 N–H and O–H groups in total. The second-order valence-electron chi connectivity index (χ2n) is 4.50. The van der Waals surface area contributed by atoms with Gasteiger partial charge in [-0.25, -0.2) is 8.42 Å². The Bertz CT molecular complexity index is 656. The molecular weight excluding hydrogens is 276 g/mol. The molecule has 0 aliphatic heterocycles. The first-order valence-electron chi connectivity index (χ1n) is 6.55. The van der Waals surface area contributed by atoms with Crippen LogP contribution in [0, 0.1) is 0 Å². The predicted molar refractivity (Wildman–Crippen MR) is 75.8 cm³/mol. The van der Waals surface area contributed by atoms with Gasteiger partial charge in [0.15, 0.2) is 4.90 Å². The average molecular weight is 294 g/mol. The zero-order valence-corrected chi connectivity index (χ0v) is 12.4. The molecule has 0 saturated carbocycles. The Morgan fingerprint density at radius 1 is 1.20 bits per heavy atom. The lowest BCUT2D eigenvalue weighted by atomic mass is 10.1. The largest absolute Gasteiger partial charge is 0.468 e. The van der Waals surface area contributed by atoms with Crippen LogP contribution in [0.5, 0.6) is 5.95 Å². The Kier molecular flexibility index (Phi) is 4.49. The van der Waals surface area contributed by atoms with Crippen molar-refractivity contribution in [3.05, 3.63) is 42.2 Å². The minimum atomic E-state index is -3.62. The Morgan fingerprint density at radius 3 is 2.50 bits per heavy atom. The van der Waals surface area contributed by atoms with E-state index in [1.807, 2.05) is 0 Å². The fraction of sp³-hybridized carbons (Fsp3) is 0.333. The zero-order chi connectivity index (χ0) is 14.6. The van der Waals surface area contributed by atoms with E-state index in [4.69, 9.17) is 9.15 Å². The van der Waals surface area contributed by atoms with E-state index in [0.717, 1.165) is 12.8 Å². The Hall–Kier alpha value is -1.75. The standard InChI is InChI=1S/C15H18O4S/c1-3-4-8-12-11-19-15(18-2)14(12)20(16,17)13-9-6-5-7-10-13/h5-7,9-11H,3-4,8H2,1-2H3. The van der Waals surface area contributed by atoms with Gasteiger partial charge in [-0.2, -0.15) is 0 Å². The van der Waals surface area contributed by atoms with Crippen LogP contribution in [0.3, 0.4) is 0 Å². The van der Waals surface area contributed by atoms with Gasteiger partial charge in [0.1, 0.15) is 0 Å². The van der Waals surface area contributed by atoms with Crippen molar-refractivity contribution in [2.24, 2.45) is 0 Å². The summed E-state index contributed by atoms with van der Waals surface area (Å²) < 4.78 is 35.8. The van der Waals surface area contributed by atoms with Crippen LogP contribution in [0.15, 0.2) is 50.8 Å². The van der Waals surface area contributed by atoms with E-state index in [1.165, 1.54) is 13.4 Å². The number of furan rings is 1. The number of rotatable bonds is 6. The molecule has 5 heteroatoms. The lowest BCUT2D eigenvalue weighted by Crippen LogP contribution is -2.05. The normalized spacial score (nSPS) is 11.5. The molecule has 2 aromatic rings. The molecule has 1 aromatic heterocycles. The van der Waals surface area contributed by atoms with Crippen LogP contribution in [0.25, 0.3) is 0 Å². The maximum Gasteiger partial charge on any atom is 0.304 e. The summed E-state index contributed by atoms with van der Waals surface area (Å²) in [6.45, 7) is 2.06. The van der Waals surface area contributed by atoms with Crippen molar-refractivity contribution in [3.8, 4) is 5.95 Å². The van der Waals surface area contributed by atoms with Crippen molar-refractivity contribution in [1.29, 1.82) is 0 Å². The molecule has 1 aromatic carbocycles. The summed E-state index contributed by atoms with van der Waals surface area (Å²) >= 11 is 0. The van der Waals surface area contributed by atoms with E-state index in [2.05, 4.69) is 6.92 Å². The molecule has 0 amide bonds. The summed E-state index contributed by atoms with van der Waals surface area (Å²) in [6, 6.07) is 8.33. The Morgan fingerprint density at radius 2 is 1.90 bits per heavy atom. The second-order valence-corrected chi connectivity index (χ2v) is 6.39. The van der Waals surface area contributed by atoms with Gasteiger partial charge in [0.25, 0.3) is 0 Å². The van der Waals surface area contributed by atoms with E-state index in [9.17, 15) is 8.42 Å². The number of sulfone groups is 1. The first kappa shape index (κ1) is 14.7. The van der Waals surface area contributed by atoms with Gasteiger partial charge in [0, 0.05) is 5.56 Å². The van der Waals surface area contributed by atoms with E-state index < -0.39 is 9.84 Å². The third-order valence-corrected chi connectivity index (χ3v) is 4.95. The van der Waals surface area contributed by atoms with Gasteiger partial charge in [0.05, 0.1) is 18.3 Å². The first-order valence-corrected chi connectivity index (χ1v) is 8.04. The maximum atomic E-state index is 12.7. The van der Waals surface area contributed by atoms with Crippen molar-refractivity contribution in [2.45, 2.75) is 36.0 Å². The first-order chi connectivity index (χ1) is 9.61. The molecule has 0 bridgehead atoms. The molecule has 1 heterocycles. The molecule has 2 rings (SSSR count). The molecule has 0 unspecified atom stereocenters. The number of hydrogen-bond acceptors (Lipinski definition) is 4. The van der Waals surface area contributed by atoms with Crippen LogP contribution in [-0.4, -0.2) is 15.5 Å². The molecule has 0 spiro atoms. The van der Waals surface area contributed by atoms with Crippen LogP contribution >= 0.6 is 0 Å². The highest BCUT2D eigenvalue weighted by Gasteiger charge is 2.28. The van der Waals surface area contributed by atoms with Crippen LogP contribution < -0.4 is 4.74 Å². The van der Waals surface area contributed by atoms with Crippen molar-refractivity contribution in [1.82, 2.24) is 0 Å². The van der Waals surface area contributed by atoms with Gasteiger partial charge in [0.2, 0.25) is 9.84 Å². The molecule has 0 radical (unpaired) electrons. The number of unbranched alkanes of at least 4 members (excludes halogenated alkanes) is 1. The van der Waals surface area contributed by atoms with Crippen molar-refractivity contribution >= 4 is 9.84 Å². The number of hydrogen-bond donors (Lipinski definition) is 0. The maximum absolute atomic E-state index is 12.7. The van der Waals surface area contributed by atoms with E-state index in [-0.39, 0.29) is 15.7 Å². The summed E-state index contributed by atoms with van der Waals surface area (Å²) in [7, 11) is -2.21. The topological polar surface area (TPSA) is 56.5 Å². The molecule has 0 aliphatic rings. The summed E-state index contributed by atoms with van der Waals surface area (Å²) in [6.07, 6.45) is 4.02. The van der Waals surface area contributed by atoms with Crippen LogP contribution in [-0.2, 0) is 16.3 Å². The summed E-state index contributed by atoms with van der Waals surface area (Å²) in [5.74, 6) is 0.0555. The molecule has 0 fully saturated rings. The smallest absolute Gasteiger partial charge is 0.304 e. The Balaban J connectivity index is 2.53. The highest BCUT2D eigenvalue weighted by molar-refractivity contribution is 7.91. The third-order valence-electron chi connectivity index (χ3n) is 3.09. The molecule has 0 aliphatic carbocycles. The number of aryl methyl sites for hydroxylation is 1. The van der Waals surface area contributed by atoms with Crippen LogP contribution in [0.4, 0.5) is 0 Å². The van der Waals surface area contributed by atoms with Gasteiger partial charge >= 0.3 is 5.95 Å². The van der Waals surface area contributed by atoms with Crippen molar-refractivity contribution in [3.63, 3.8) is 0 Å². The van der Waals surface area contributed by atoms with E-state index in [1.54, 1.807) is 30.3 Å². The van der Waals surface area contributed by atoms with Crippen molar-refractivity contribution in [2.75, 3.05) is 7.11 Å². The molecule has 108 valence electrons. The minimum absolute atomic E-state index is 0.0555. The molecule has 4 nitrogen and oxygen atoms in total. The number of methoxy groups -OCH3 is 1. The second kappa shape index (κ2) is 6.13. The van der Waals surface area contributed by atoms with Gasteiger partial charge in [-0.3, -0.25) is 0 Å². The zero-order valence-electron chi connectivity index (χ0n) is 11.6. The fourth-order valence-electron chi connectivity index (χ4n) is 2.04. The lowest BCUT2D eigenvalue weighted by Gasteiger charge is -2.06. The molecule has 20 heavy (non-hydrogen) atoms. The number of ether oxygens (including phenoxy) is 1. The highest BCUT2D eigenvalue weighted by Crippen LogP contribution is 2.34. The summed E-state index contributed by atoms with van der Waals surface area (Å²) in [4.78, 5) is 0.400. The highest BCUT2D eigenvalue weighted by atomic mass is 32.2. The van der Waals surface area contributed by atoms with Gasteiger partial charge in [-0.1, -0.05) is 31.5 Å². The summed E-state index contributed by atoms with van der Waals surface area (Å²) in [5.41, 5.74) is 0.674. The lowest BCUT2D eigenvalue weighted by molar-refractivity contribution is 0.295. The Labute approximate surface area is 119 Å². The van der Waals surface area contributed by atoms with Gasteiger partial charge < -0.3 is 9.15 Å². The SMILES string of the molecule is CCCCc1coc(OC)c1S(=O)(=O)c1ccccc1. The predicted octanol–water partition coefficient (Wildman–Crippen LogP) is 3.46. The van der Waals surface area contributed by atoms with Gasteiger partial charge in [-0.15, -0.1) is 0 Å². The monoisotopic (exact) mass is 294 g/mol. The molecule has 0 atom stereocenters. The quantitative estimate of drug-likeness (QED) is 0.818. The average Bonchev–Trinajstić information content (AvgIpc) is 2.89. The number of benzene rings is 1. The third kappa shape index (κ3) is 2.72. The van der Waals surface area contributed by atoms with Gasteiger partial charge in [-0.05, 0) is 25.0 Å². The molecule has 0 saturated heterocycles.